The number of anilines is 2. The molecule has 0 bridgehead atoms. The van der Waals surface area contributed by atoms with Crippen molar-refractivity contribution in [2.75, 3.05) is 36.5 Å². The first-order valence-corrected chi connectivity index (χ1v) is 18.2. The molecule has 54 heavy (non-hydrogen) atoms. The first kappa shape index (κ1) is 36.6. The lowest BCUT2D eigenvalue weighted by atomic mass is 9.91. The molecule has 2 aliphatic rings. The van der Waals surface area contributed by atoms with Gasteiger partial charge in [-0.15, -0.1) is 0 Å². The molecular formula is C39H45N9O6. The number of hydrogen-bond donors (Lipinski definition) is 8. The molecule has 0 radical (unpaired) electrons. The van der Waals surface area contributed by atoms with E-state index in [1.54, 1.807) is 29.1 Å². The van der Waals surface area contributed by atoms with Gasteiger partial charge < -0.3 is 51.2 Å². The van der Waals surface area contributed by atoms with Crippen molar-refractivity contribution in [3.63, 3.8) is 0 Å². The first-order chi connectivity index (χ1) is 26.3. The molecule has 1 unspecified atom stereocenters. The molecule has 1 aliphatic carbocycles. The lowest BCUT2D eigenvalue weighted by molar-refractivity contribution is -0.123. The van der Waals surface area contributed by atoms with E-state index in [1.807, 2.05) is 47.4 Å². The molecule has 282 valence electrons. The van der Waals surface area contributed by atoms with Crippen molar-refractivity contribution in [3.05, 3.63) is 108 Å². The topological polar surface area (TPSA) is 210 Å². The second kappa shape index (κ2) is 16.5. The number of imidazole rings is 1. The number of fused-ring (bicyclic) bond motifs is 1. The summed E-state index contributed by atoms with van der Waals surface area (Å²) in [6, 6.07) is 25.2. The van der Waals surface area contributed by atoms with Gasteiger partial charge >= 0.3 is 6.03 Å². The number of phenols is 1. The summed E-state index contributed by atoms with van der Waals surface area (Å²) in [6.45, 7) is 1.43. The summed E-state index contributed by atoms with van der Waals surface area (Å²) >= 11 is 0. The number of nitrogens with one attached hydrogen (secondary N) is 4. The zero-order chi connectivity index (χ0) is 37.6. The minimum atomic E-state index is -1.24. The maximum absolute atomic E-state index is 12.8. The average Bonchev–Trinajstić information content (AvgIpc) is 3.90. The number of aliphatic hydroxyl groups is 3. The van der Waals surface area contributed by atoms with Crippen LogP contribution in [0.3, 0.4) is 0 Å². The smallest absolute Gasteiger partial charge is 0.315 e. The molecule has 5 aromatic rings. The Labute approximate surface area is 312 Å². The van der Waals surface area contributed by atoms with E-state index in [2.05, 4.69) is 45.5 Å². The van der Waals surface area contributed by atoms with Gasteiger partial charge in [0.15, 0.2) is 17.0 Å². The number of phenolic OH excluding ortho intramolecular Hbond substituents is 1. The summed E-state index contributed by atoms with van der Waals surface area (Å²) in [6.07, 6.45) is -0.141. The lowest BCUT2D eigenvalue weighted by Gasteiger charge is -2.22. The SMILES string of the molecule is O=C(CCO)N[C@H]1C[C@@H](n2cnc3c(NCC(c4ccccc4)c4ccccc4)nc(N4CCC(NC(=O)NCc5cccc(O)c5)C4)nc32)[C@H](O)[C@@H]1O. The van der Waals surface area contributed by atoms with Gasteiger partial charge in [0.2, 0.25) is 11.9 Å². The highest BCUT2D eigenvalue weighted by molar-refractivity contribution is 5.85. The fraction of sp³-hybridized carbons (Fsp3) is 0.359. The third-order valence-electron chi connectivity index (χ3n) is 10.2. The zero-order valence-corrected chi connectivity index (χ0v) is 29.6. The molecule has 3 heterocycles. The average molecular weight is 736 g/mol. The number of urea groups is 1. The summed E-state index contributed by atoms with van der Waals surface area (Å²) in [5.74, 6) is 0.598. The predicted molar refractivity (Wildman–Crippen MR) is 202 cm³/mol. The van der Waals surface area contributed by atoms with Crippen molar-refractivity contribution in [2.45, 2.75) is 62.1 Å². The van der Waals surface area contributed by atoms with Crippen LogP contribution in [-0.4, -0.2) is 102 Å². The summed E-state index contributed by atoms with van der Waals surface area (Å²) in [4.78, 5) is 41.7. The van der Waals surface area contributed by atoms with Crippen LogP contribution in [0.5, 0.6) is 5.75 Å². The predicted octanol–water partition coefficient (Wildman–Crippen LogP) is 2.39. The van der Waals surface area contributed by atoms with E-state index in [0.717, 1.165) is 16.7 Å². The number of benzene rings is 3. The molecule has 1 saturated heterocycles. The Kier molecular flexibility index (Phi) is 11.2. The molecule has 8 N–H and O–H groups in total. The number of aromatic hydroxyl groups is 1. The van der Waals surface area contributed by atoms with Crippen molar-refractivity contribution in [1.29, 1.82) is 0 Å². The van der Waals surface area contributed by atoms with Crippen molar-refractivity contribution >= 4 is 34.9 Å². The lowest BCUT2D eigenvalue weighted by Crippen LogP contribution is -2.43. The Bertz CT molecular complexity index is 2010. The number of amides is 3. The molecular weight excluding hydrogens is 690 g/mol. The van der Waals surface area contributed by atoms with Crippen molar-refractivity contribution in [2.24, 2.45) is 0 Å². The molecule has 15 heteroatoms. The largest absolute Gasteiger partial charge is 0.508 e. The molecule has 3 amide bonds. The quantitative estimate of drug-likeness (QED) is 0.0881. The summed E-state index contributed by atoms with van der Waals surface area (Å²) in [7, 11) is 0. The minimum absolute atomic E-state index is 0.0169. The number of nitrogens with zero attached hydrogens (tertiary/aromatic N) is 5. The second-order valence-corrected chi connectivity index (χ2v) is 13.8. The Morgan fingerprint density at radius 3 is 2.35 bits per heavy atom. The molecule has 15 nitrogen and oxygen atoms in total. The van der Waals surface area contributed by atoms with Gasteiger partial charge in [0.05, 0.1) is 25.0 Å². The van der Waals surface area contributed by atoms with Crippen LogP contribution >= 0.6 is 0 Å². The Balaban J connectivity index is 1.15. The number of rotatable bonds is 13. The van der Waals surface area contributed by atoms with Gasteiger partial charge in [-0.2, -0.15) is 9.97 Å². The van der Waals surface area contributed by atoms with Gasteiger partial charge in [-0.05, 0) is 41.7 Å². The maximum atomic E-state index is 12.8. The normalized spacial score (nSPS) is 21.0. The van der Waals surface area contributed by atoms with Crippen LogP contribution < -0.4 is 26.2 Å². The Hall–Kier alpha value is -5.77. The third kappa shape index (κ3) is 8.23. The fourth-order valence-corrected chi connectivity index (χ4v) is 7.36. The molecule has 5 atom stereocenters. The van der Waals surface area contributed by atoms with Crippen LogP contribution in [0.4, 0.5) is 16.6 Å². The zero-order valence-electron chi connectivity index (χ0n) is 29.6. The molecule has 1 saturated carbocycles. The van der Waals surface area contributed by atoms with Gasteiger partial charge in [0.1, 0.15) is 18.0 Å². The molecule has 2 fully saturated rings. The van der Waals surface area contributed by atoms with Crippen molar-refractivity contribution in [3.8, 4) is 5.75 Å². The number of carbonyl (C=O) groups is 2. The Morgan fingerprint density at radius 2 is 1.65 bits per heavy atom. The number of aliphatic hydroxyl groups excluding tert-OH is 3. The van der Waals surface area contributed by atoms with E-state index in [9.17, 15) is 30.0 Å². The van der Waals surface area contributed by atoms with Crippen LogP contribution in [0.2, 0.25) is 0 Å². The number of aromatic nitrogens is 4. The minimum Gasteiger partial charge on any atom is -0.508 e. The van der Waals surface area contributed by atoms with E-state index in [0.29, 0.717) is 49.0 Å². The monoisotopic (exact) mass is 735 g/mol. The van der Waals surface area contributed by atoms with Gasteiger partial charge in [0, 0.05) is 44.6 Å². The summed E-state index contributed by atoms with van der Waals surface area (Å²) < 4.78 is 1.73. The van der Waals surface area contributed by atoms with E-state index < -0.39 is 30.2 Å². The summed E-state index contributed by atoms with van der Waals surface area (Å²) in [5, 5.41) is 53.2. The third-order valence-corrected chi connectivity index (χ3v) is 10.2. The van der Waals surface area contributed by atoms with Crippen LogP contribution in [0.1, 0.15) is 47.9 Å². The molecule has 3 aromatic carbocycles. The first-order valence-electron chi connectivity index (χ1n) is 18.2. The van der Waals surface area contributed by atoms with E-state index in [-0.39, 0.29) is 49.7 Å². The van der Waals surface area contributed by atoms with Crippen LogP contribution in [0, 0.1) is 0 Å². The van der Waals surface area contributed by atoms with E-state index in [4.69, 9.17) is 15.0 Å². The van der Waals surface area contributed by atoms with Gasteiger partial charge in [-0.3, -0.25) is 4.79 Å². The van der Waals surface area contributed by atoms with Crippen LogP contribution in [0.15, 0.2) is 91.3 Å². The highest BCUT2D eigenvalue weighted by atomic mass is 16.3. The van der Waals surface area contributed by atoms with Crippen molar-refractivity contribution in [1.82, 2.24) is 35.5 Å². The number of carbonyl (C=O) groups excluding carboxylic acids is 2. The fourth-order valence-electron chi connectivity index (χ4n) is 7.36. The standard InChI is InChI=1S/C39H45N9O6/c49-17-15-32(51)44-30-19-31(35(53)34(30)52)48-23-42-33-36(40-21-29(25-9-3-1-4-10-25)26-11-5-2-6-12-26)45-38(46-37(33)48)47-16-14-27(22-47)43-39(54)41-20-24-8-7-13-28(50)18-24/h1-13,18,23,27,29-31,34-35,49-50,52-53H,14-17,19-22H2,(H,44,51)(H,40,45,46)(H2,41,43,54)/t27?,30-,31+,34+,35-/m0/s1. The van der Waals surface area contributed by atoms with Gasteiger partial charge in [-0.25, -0.2) is 9.78 Å². The van der Waals surface area contributed by atoms with E-state index in [1.165, 1.54) is 0 Å². The number of hydrogen-bond acceptors (Lipinski definition) is 11. The van der Waals surface area contributed by atoms with E-state index >= 15 is 0 Å². The second-order valence-electron chi connectivity index (χ2n) is 13.8. The highest BCUT2D eigenvalue weighted by Crippen LogP contribution is 2.35. The molecule has 1 aliphatic heterocycles. The highest BCUT2D eigenvalue weighted by Gasteiger charge is 2.44. The van der Waals surface area contributed by atoms with Crippen molar-refractivity contribution < 1.29 is 30.0 Å². The summed E-state index contributed by atoms with van der Waals surface area (Å²) in [5.41, 5.74) is 3.95. The van der Waals surface area contributed by atoms with Gasteiger partial charge in [0.25, 0.3) is 0 Å². The molecule has 0 spiro atoms. The molecule has 2 aromatic heterocycles. The molecule has 7 rings (SSSR count). The van der Waals surface area contributed by atoms with Gasteiger partial charge in [-0.1, -0.05) is 72.8 Å². The van der Waals surface area contributed by atoms with Crippen LogP contribution in [0.25, 0.3) is 11.2 Å². The maximum Gasteiger partial charge on any atom is 0.315 e. The Morgan fingerprint density at radius 1 is 0.907 bits per heavy atom. The van der Waals surface area contributed by atoms with Crippen LogP contribution in [-0.2, 0) is 11.3 Å².